The number of carbonyl (C=O) groups is 3. The zero-order chi connectivity index (χ0) is 28.3. The first kappa shape index (κ1) is 28.8. The lowest BCUT2D eigenvalue weighted by molar-refractivity contribution is -0.132. The summed E-state index contributed by atoms with van der Waals surface area (Å²) in [6.07, 6.45) is 1.68. The van der Waals surface area contributed by atoms with Gasteiger partial charge in [0, 0.05) is 43.0 Å². The molecule has 0 fully saturated rings. The molecule has 3 aromatic carbocycles. The number of benzene rings is 3. The molecule has 1 aliphatic heterocycles. The number of nitrogens with one attached hydrogen (secondary N) is 1. The smallest absolute Gasteiger partial charge is 0.262 e. The first-order valence-corrected chi connectivity index (χ1v) is 13.5. The minimum Gasteiger partial charge on any atom is -0.484 e. The first-order valence-electron chi connectivity index (χ1n) is 13.5. The minimum atomic E-state index is -0.304. The van der Waals surface area contributed by atoms with E-state index in [1.54, 1.807) is 41.3 Å². The SMILES string of the molecule is O=C(COc1ccccc1)Nc1ccc(C(=O)N2CCCC(CC(=O)N(CCO)CCO)c3ccccc32)cc1. The van der Waals surface area contributed by atoms with E-state index in [1.165, 1.54) is 4.90 Å². The van der Waals surface area contributed by atoms with Gasteiger partial charge in [-0.05, 0) is 66.8 Å². The Morgan fingerprint density at radius 1 is 0.900 bits per heavy atom. The summed E-state index contributed by atoms with van der Waals surface area (Å²) in [5.41, 5.74) is 2.74. The third-order valence-electron chi connectivity index (χ3n) is 6.89. The second-order valence-electron chi connectivity index (χ2n) is 9.61. The maximum Gasteiger partial charge on any atom is 0.262 e. The lowest BCUT2D eigenvalue weighted by Gasteiger charge is -2.26. The van der Waals surface area contributed by atoms with E-state index >= 15 is 0 Å². The van der Waals surface area contributed by atoms with Gasteiger partial charge in [0.1, 0.15) is 5.75 Å². The zero-order valence-electron chi connectivity index (χ0n) is 22.4. The van der Waals surface area contributed by atoms with E-state index in [0.29, 0.717) is 30.0 Å². The van der Waals surface area contributed by atoms with Crippen molar-refractivity contribution in [3.63, 3.8) is 0 Å². The predicted octanol–water partition coefficient (Wildman–Crippen LogP) is 3.43. The number of nitrogens with zero attached hydrogens (tertiary/aromatic N) is 2. The molecule has 0 aromatic heterocycles. The van der Waals surface area contributed by atoms with Gasteiger partial charge in [0.25, 0.3) is 11.8 Å². The number of hydrogen-bond acceptors (Lipinski definition) is 6. The van der Waals surface area contributed by atoms with Crippen LogP contribution in [0.2, 0.25) is 0 Å². The van der Waals surface area contributed by atoms with Gasteiger partial charge in [0.2, 0.25) is 5.91 Å². The van der Waals surface area contributed by atoms with Crippen LogP contribution in [0, 0.1) is 0 Å². The van der Waals surface area contributed by atoms with Gasteiger partial charge in [-0.3, -0.25) is 14.4 Å². The summed E-state index contributed by atoms with van der Waals surface area (Å²) in [6, 6.07) is 23.5. The maximum atomic E-state index is 13.6. The number of anilines is 2. The Bertz CT molecular complexity index is 1280. The average Bonchev–Trinajstić information content (AvgIpc) is 3.16. The summed E-state index contributed by atoms with van der Waals surface area (Å²) < 4.78 is 5.48. The molecule has 0 bridgehead atoms. The summed E-state index contributed by atoms with van der Waals surface area (Å²) in [6.45, 7) is 0.395. The van der Waals surface area contributed by atoms with Crippen LogP contribution in [0.1, 0.15) is 41.1 Å². The third kappa shape index (κ3) is 7.46. The summed E-state index contributed by atoms with van der Waals surface area (Å²) >= 11 is 0. The molecule has 4 rings (SSSR count). The van der Waals surface area contributed by atoms with Crippen LogP contribution in [0.4, 0.5) is 11.4 Å². The average molecular weight is 546 g/mol. The number of ether oxygens (including phenoxy) is 1. The second-order valence-corrected chi connectivity index (χ2v) is 9.61. The largest absolute Gasteiger partial charge is 0.484 e. The van der Waals surface area contributed by atoms with Crippen LogP contribution in [-0.2, 0) is 9.59 Å². The van der Waals surface area contributed by atoms with E-state index < -0.39 is 0 Å². The molecule has 1 heterocycles. The van der Waals surface area contributed by atoms with Crippen molar-refractivity contribution in [2.24, 2.45) is 0 Å². The molecule has 1 atom stereocenters. The topological polar surface area (TPSA) is 119 Å². The van der Waals surface area contributed by atoms with E-state index in [-0.39, 0.29) is 63.0 Å². The molecular formula is C31H35N3O6. The van der Waals surface area contributed by atoms with E-state index in [2.05, 4.69) is 5.32 Å². The fourth-order valence-electron chi connectivity index (χ4n) is 4.93. The van der Waals surface area contributed by atoms with Crippen molar-refractivity contribution in [3.05, 3.63) is 90.0 Å². The summed E-state index contributed by atoms with van der Waals surface area (Å²) in [5, 5.41) is 21.4. The molecule has 0 radical (unpaired) electrons. The van der Waals surface area contributed by atoms with Gasteiger partial charge < -0.3 is 30.1 Å². The van der Waals surface area contributed by atoms with Crippen molar-refractivity contribution in [1.29, 1.82) is 0 Å². The van der Waals surface area contributed by atoms with Gasteiger partial charge in [-0.2, -0.15) is 0 Å². The molecule has 3 amide bonds. The molecule has 1 aliphatic rings. The lowest BCUT2D eigenvalue weighted by atomic mass is 9.90. The number of amides is 3. The highest BCUT2D eigenvalue weighted by Crippen LogP contribution is 2.37. The van der Waals surface area contributed by atoms with Gasteiger partial charge in [0.15, 0.2) is 6.61 Å². The highest BCUT2D eigenvalue weighted by Gasteiger charge is 2.29. The monoisotopic (exact) mass is 545 g/mol. The normalized spacial score (nSPS) is 14.6. The number of para-hydroxylation sites is 2. The Kier molecular flexibility index (Phi) is 10.3. The van der Waals surface area contributed by atoms with Gasteiger partial charge in [0.05, 0.1) is 13.2 Å². The Morgan fingerprint density at radius 3 is 2.27 bits per heavy atom. The number of aliphatic hydroxyl groups is 2. The molecule has 1 unspecified atom stereocenters. The number of hydrogen-bond donors (Lipinski definition) is 3. The van der Waals surface area contributed by atoms with Crippen molar-refractivity contribution in [2.45, 2.75) is 25.2 Å². The fraction of sp³-hybridized carbons (Fsp3) is 0.323. The molecule has 0 spiro atoms. The molecular weight excluding hydrogens is 510 g/mol. The first-order chi connectivity index (χ1) is 19.5. The number of fused-ring (bicyclic) bond motifs is 1. The molecule has 0 saturated carbocycles. The molecule has 9 nitrogen and oxygen atoms in total. The summed E-state index contributed by atoms with van der Waals surface area (Å²) in [4.78, 5) is 42.1. The Balaban J connectivity index is 1.43. The van der Waals surface area contributed by atoms with Gasteiger partial charge in [-0.25, -0.2) is 0 Å². The van der Waals surface area contributed by atoms with Crippen molar-refractivity contribution >= 4 is 29.1 Å². The summed E-state index contributed by atoms with van der Waals surface area (Å²) in [7, 11) is 0. The van der Waals surface area contributed by atoms with Gasteiger partial charge in [-0.15, -0.1) is 0 Å². The van der Waals surface area contributed by atoms with Crippen LogP contribution in [0.5, 0.6) is 5.75 Å². The van der Waals surface area contributed by atoms with E-state index in [9.17, 15) is 24.6 Å². The summed E-state index contributed by atoms with van der Waals surface area (Å²) in [5.74, 6) is -0.0736. The molecule has 9 heteroatoms. The van der Waals surface area contributed by atoms with Crippen molar-refractivity contribution < 1.29 is 29.3 Å². The molecule has 0 aliphatic carbocycles. The number of carbonyl (C=O) groups excluding carboxylic acids is 3. The van der Waals surface area contributed by atoms with Crippen LogP contribution < -0.4 is 15.0 Å². The lowest BCUT2D eigenvalue weighted by Crippen LogP contribution is -2.36. The van der Waals surface area contributed by atoms with Crippen molar-refractivity contribution in [1.82, 2.24) is 4.90 Å². The van der Waals surface area contributed by atoms with Crippen molar-refractivity contribution in [2.75, 3.05) is 49.7 Å². The molecule has 0 saturated heterocycles. The Hall–Kier alpha value is -4.21. The second kappa shape index (κ2) is 14.3. The van der Waals surface area contributed by atoms with Crippen molar-refractivity contribution in [3.8, 4) is 5.75 Å². The van der Waals surface area contributed by atoms with Crippen LogP contribution in [-0.4, -0.2) is 72.3 Å². The Morgan fingerprint density at radius 2 is 1.57 bits per heavy atom. The highest BCUT2D eigenvalue weighted by atomic mass is 16.5. The van der Waals surface area contributed by atoms with Crippen LogP contribution in [0.3, 0.4) is 0 Å². The maximum absolute atomic E-state index is 13.6. The molecule has 210 valence electrons. The van der Waals surface area contributed by atoms with E-state index in [1.807, 2.05) is 42.5 Å². The Labute approximate surface area is 234 Å². The van der Waals surface area contributed by atoms with E-state index in [0.717, 1.165) is 17.7 Å². The van der Waals surface area contributed by atoms with Gasteiger partial charge >= 0.3 is 0 Å². The number of aliphatic hydroxyl groups excluding tert-OH is 2. The van der Waals surface area contributed by atoms with E-state index in [4.69, 9.17) is 4.74 Å². The van der Waals surface area contributed by atoms with Crippen LogP contribution in [0.25, 0.3) is 0 Å². The van der Waals surface area contributed by atoms with Gasteiger partial charge in [-0.1, -0.05) is 36.4 Å². The van der Waals surface area contributed by atoms with Crippen LogP contribution >= 0.6 is 0 Å². The fourth-order valence-corrected chi connectivity index (χ4v) is 4.93. The molecule has 3 N–H and O–H groups in total. The minimum absolute atomic E-state index is 0.0860. The highest BCUT2D eigenvalue weighted by molar-refractivity contribution is 6.07. The molecule has 40 heavy (non-hydrogen) atoms. The molecule has 3 aromatic rings. The van der Waals surface area contributed by atoms with Crippen LogP contribution in [0.15, 0.2) is 78.9 Å². The third-order valence-corrected chi connectivity index (χ3v) is 6.89. The zero-order valence-corrected chi connectivity index (χ0v) is 22.4. The quantitative estimate of drug-likeness (QED) is 0.340. The number of rotatable bonds is 11. The standard InChI is InChI=1S/C31H35N3O6/c35-19-17-33(18-20-36)30(38)21-24-7-6-16-34(28-11-5-4-10-27(24)28)31(39)23-12-14-25(15-13-23)32-29(37)22-40-26-8-2-1-3-9-26/h1-5,8-15,24,35-36H,6-7,16-22H2,(H,32,37). The predicted molar refractivity (Wildman–Crippen MR) is 152 cm³/mol.